The molecule has 0 spiro atoms. The summed E-state index contributed by atoms with van der Waals surface area (Å²) in [7, 11) is 1.61. The summed E-state index contributed by atoms with van der Waals surface area (Å²) in [6.45, 7) is 3.19. The SMILES string of the molecule is COc1ncnc2ccc(N3CCN(c4nnccc4C#N)CC3)cc12. The fourth-order valence-electron chi connectivity index (χ4n) is 3.20. The molecular formula is C18H17N7O. The summed E-state index contributed by atoms with van der Waals surface area (Å²) in [6, 6.07) is 9.99. The van der Waals surface area contributed by atoms with Crippen LogP contribution in [0.2, 0.25) is 0 Å². The van der Waals surface area contributed by atoms with Crippen LogP contribution in [0.5, 0.6) is 5.88 Å². The summed E-state index contributed by atoms with van der Waals surface area (Å²) in [5, 5.41) is 18.2. The number of aromatic nitrogens is 4. The molecule has 0 N–H and O–H groups in total. The zero-order valence-electron chi connectivity index (χ0n) is 14.3. The van der Waals surface area contributed by atoms with Crippen LogP contribution in [0.15, 0.2) is 36.8 Å². The van der Waals surface area contributed by atoms with Crippen molar-refractivity contribution in [2.24, 2.45) is 0 Å². The number of nitrogens with zero attached hydrogens (tertiary/aromatic N) is 7. The van der Waals surface area contributed by atoms with Gasteiger partial charge in [-0.25, -0.2) is 9.97 Å². The molecule has 2 aromatic heterocycles. The van der Waals surface area contributed by atoms with Gasteiger partial charge in [-0.1, -0.05) is 0 Å². The van der Waals surface area contributed by atoms with E-state index in [0.717, 1.165) is 42.8 Å². The van der Waals surface area contributed by atoms with Crippen molar-refractivity contribution in [2.75, 3.05) is 43.1 Å². The van der Waals surface area contributed by atoms with Crippen LogP contribution in [0.25, 0.3) is 10.9 Å². The van der Waals surface area contributed by atoms with Gasteiger partial charge in [0, 0.05) is 31.9 Å². The fraction of sp³-hybridized carbons (Fsp3) is 0.278. The van der Waals surface area contributed by atoms with Gasteiger partial charge >= 0.3 is 0 Å². The summed E-state index contributed by atoms with van der Waals surface area (Å²) in [5.74, 6) is 1.23. The Morgan fingerprint density at radius 2 is 1.88 bits per heavy atom. The molecule has 130 valence electrons. The molecule has 0 amide bonds. The molecule has 8 nitrogen and oxygen atoms in total. The Balaban J connectivity index is 1.55. The van der Waals surface area contributed by atoms with Crippen molar-refractivity contribution in [1.29, 1.82) is 5.26 Å². The van der Waals surface area contributed by atoms with Crippen LogP contribution in [0.4, 0.5) is 11.5 Å². The first kappa shape index (κ1) is 16.0. The Labute approximate surface area is 150 Å². The number of fused-ring (bicyclic) bond motifs is 1. The number of rotatable bonds is 3. The largest absolute Gasteiger partial charge is 0.480 e. The van der Waals surface area contributed by atoms with Gasteiger partial charge < -0.3 is 14.5 Å². The van der Waals surface area contributed by atoms with E-state index in [2.05, 4.69) is 48.2 Å². The van der Waals surface area contributed by atoms with Crippen LogP contribution in [0.1, 0.15) is 5.56 Å². The van der Waals surface area contributed by atoms with Crippen molar-refractivity contribution in [3.8, 4) is 11.9 Å². The molecule has 0 saturated carbocycles. The van der Waals surface area contributed by atoms with Gasteiger partial charge in [-0.15, -0.1) is 5.10 Å². The van der Waals surface area contributed by atoms with Gasteiger partial charge in [0.15, 0.2) is 5.82 Å². The highest BCUT2D eigenvalue weighted by atomic mass is 16.5. The molecule has 0 aliphatic carbocycles. The molecule has 1 aliphatic heterocycles. The van der Waals surface area contributed by atoms with Crippen molar-refractivity contribution < 1.29 is 4.74 Å². The predicted molar refractivity (Wildman–Crippen MR) is 97.3 cm³/mol. The third kappa shape index (κ3) is 2.84. The number of benzene rings is 1. The quantitative estimate of drug-likeness (QED) is 0.706. The summed E-state index contributed by atoms with van der Waals surface area (Å²) < 4.78 is 5.35. The van der Waals surface area contributed by atoms with Gasteiger partial charge in [0.05, 0.1) is 29.8 Å². The van der Waals surface area contributed by atoms with Crippen molar-refractivity contribution >= 4 is 22.4 Å². The van der Waals surface area contributed by atoms with E-state index >= 15 is 0 Å². The van der Waals surface area contributed by atoms with Crippen LogP contribution in [-0.2, 0) is 0 Å². The van der Waals surface area contributed by atoms with Gasteiger partial charge in [0.2, 0.25) is 5.88 Å². The van der Waals surface area contributed by atoms with Crippen LogP contribution >= 0.6 is 0 Å². The van der Waals surface area contributed by atoms with E-state index in [0.29, 0.717) is 17.3 Å². The number of methoxy groups -OCH3 is 1. The van der Waals surface area contributed by atoms with Crippen molar-refractivity contribution in [1.82, 2.24) is 20.2 Å². The third-order valence-corrected chi connectivity index (χ3v) is 4.54. The van der Waals surface area contributed by atoms with E-state index in [1.165, 1.54) is 6.33 Å². The Bertz CT molecular complexity index is 977. The molecule has 0 radical (unpaired) electrons. The van der Waals surface area contributed by atoms with Crippen LogP contribution < -0.4 is 14.5 Å². The standard InChI is InChI=1S/C18H17N7O/c1-26-18-15-10-14(2-3-16(15)20-12-21-18)24-6-8-25(9-7-24)17-13(11-19)4-5-22-23-17/h2-5,10,12H,6-9H2,1H3. The summed E-state index contributed by atoms with van der Waals surface area (Å²) in [6.07, 6.45) is 3.05. The van der Waals surface area contributed by atoms with E-state index in [1.807, 2.05) is 6.07 Å². The maximum atomic E-state index is 9.25. The van der Waals surface area contributed by atoms with Crippen LogP contribution in [-0.4, -0.2) is 53.5 Å². The number of ether oxygens (including phenoxy) is 1. The second kappa shape index (κ2) is 6.80. The molecule has 1 aliphatic rings. The van der Waals surface area contributed by atoms with Crippen molar-refractivity contribution in [2.45, 2.75) is 0 Å². The molecule has 26 heavy (non-hydrogen) atoms. The summed E-state index contributed by atoms with van der Waals surface area (Å²) >= 11 is 0. The fourth-order valence-corrected chi connectivity index (χ4v) is 3.20. The minimum atomic E-state index is 0.557. The highest BCUT2D eigenvalue weighted by molar-refractivity contribution is 5.86. The molecule has 1 aromatic carbocycles. The molecule has 1 fully saturated rings. The van der Waals surface area contributed by atoms with E-state index < -0.39 is 0 Å². The normalized spacial score (nSPS) is 14.3. The average Bonchev–Trinajstić information content (AvgIpc) is 2.73. The maximum Gasteiger partial charge on any atom is 0.224 e. The number of piperazine rings is 1. The zero-order chi connectivity index (χ0) is 17.9. The third-order valence-electron chi connectivity index (χ3n) is 4.54. The first-order chi connectivity index (χ1) is 12.8. The van der Waals surface area contributed by atoms with Gasteiger partial charge in [0.1, 0.15) is 12.4 Å². The van der Waals surface area contributed by atoms with E-state index in [9.17, 15) is 5.26 Å². The van der Waals surface area contributed by atoms with Crippen molar-refractivity contribution in [3.63, 3.8) is 0 Å². The molecule has 0 unspecified atom stereocenters. The van der Waals surface area contributed by atoms with Gasteiger partial charge in [-0.05, 0) is 24.3 Å². The molecule has 8 heteroatoms. The zero-order valence-corrected chi connectivity index (χ0v) is 14.3. The van der Waals surface area contributed by atoms with Gasteiger partial charge in [0.25, 0.3) is 0 Å². The second-order valence-electron chi connectivity index (χ2n) is 5.94. The lowest BCUT2D eigenvalue weighted by Crippen LogP contribution is -2.47. The van der Waals surface area contributed by atoms with Crippen LogP contribution in [0, 0.1) is 11.3 Å². The highest BCUT2D eigenvalue weighted by Crippen LogP contribution is 2.27. The topological polar surface area (TPSA) is 91.1 Å². The number of anilines is 2. The summed E-state index contributed by atoms with van der Waals surface area (Å²) in [4.78, 5) is 12.9. The van der Waals surface area contributed by atoms with Crippen LogP contribution in [0.3, 0.4) is 0 Å². The maximum absolute atomic E-state index is 9.25. The smallest absolute Gasteiger partial charge is 0.224 e. The summed E-state index contributed by atoms with van der Waals surface area (Å²) in [5.41, 5.74) is 2.52. The lowest BCUT2D eigenvalue weighted by atomic mass is 10.1. The molecule has 4 rings (SSSR count). The molecule has 1 saturated heterocycles. The number of hydrogen-bond donors (Lipinski definition) is 0. The Morgan fingerprint density at radius 3 is 2.65 bits per heavy atom. The molecule has 3 aromatic rings. The highest BCUT2D eigenvalue weighted by Gasteiger charge is 2.21. The molecule has 0 atom stereocenters. The van der Waals surface area contributed by atoms with Gasteiger partial charge in [-0.3, -0.25) is 0 Å². The van der Waals surface area contributed by atoms with E-state index in [1.54, 1.807) is 19.4 Å². The Morgan fingerprint density at radius 1 is 1.08 bits per heavy atom. The molecular weight excluding hydrogens is 330 g/mol. The Kier molecular flexibility index (Phi) is 4.19. The van der Waals surface area contributed by atoms with Crippen molar-refractivity contribution in [3.05, 3.63) is 42.4 Å². The van der Waals surface area contributed by atoms with E-state index in [4.69, 9.17) is 4.74 Å². The second-order valence-corrected chi connectivity index (χ2v) is 5.94. The molecule has 3 heterocycles. The van der Waals surface area contributed by atoms with E-state index in [-0.39, 0.29) is 0 Å². The van der Waals surface area contributed by atoms with Gasteiger partial charge in [-0.2, -0.15) is 10.4 Å². The Hall–Kier alpha value is -3.47. The number of hydrogen-bond acceptors (Lipinski definition) is 8. The predicted octanol–water partition coefficient (Wildman–Crippen LogP) is 1.63. The monoisotopic (exact) mass is 347 g/mol. The first-order valence-corrected chi connectivity index (χ1v) is 8.30. The lowest BCUT2D eigenvalue weighted by molar-refractivity contribution is 0.402. The average molecular weight is 347 g/mol. The lowest BCUT2D eigenvalue weighted by Gasteiger charge is -2.36. The minimum Gasteiger partial charge on any atom is -0.480 e. The number of nitriles is 1. The first-order valence-electron chi connectivity index (χ1n) is 8.30. The minimum absolute atomic E-state index is 0.557. The molecule has 0 bridgehead atoms.